The highest BCUT2D eigenvalue weighted by Gasteiger charge is 2.11. The lowest BCUT2D eigenvalue weighted by Crippen LogP contribution is -2.12. The van der Waals surface area contributed by atoms with Gasteiger partial charge in [-0.3, -0.25) is 0 Å². The number of hydrogen-bond acceptors (Lipinski definition) is 1. The van der Waals surface area contributed by atoms with E-state index in [4.69, 9.17) is 17.3 Å². The van der Waals surface area contributed by atoms with Crippen LogP contribution in [-0.2, 0) is 0 Å². The minimum Gasteiger partial charge on any atom is -0.324 e. The molecule has 1 atom stereocenters. The van der Waals surface area contributed by atoms with E-state index in [1.807, 2.05) is 12.1 Å². The highest BCUT2D eigenvalue weighted by Crippen LogP contribution is 2.27. The van der Waals surface area contributed by atoms with E-state index in [-0.39, 0.29) is 18.4 Å². The maximum Gasteiger partial charge on any atom is 0.0456 e. The second-order valence-corrected chi connectivity index (χ2v) is 4.48. The molecule has 0 heterocycles. The summed E-state index contributed by atoms with van der Waals surface area (Å²) in [6, 6.07) is 6.05. The topological polar surface area (TPSA) is 26.0 Å². The van der Waals surface area contributed by atoms with E-state index < -0.39 is 0 Å². The Hall–Kier alpha value is -0.240. The third kappa shape index (κ3) is 4.32. The predicted molar refractivity (Wildman–Crippen MR) is 74.5 cm³/mol. The standard InChI is InChI=1S/C13H20ClN.ClH/c1-3-4-5-9-12(15)13-10(2)7-6-8-11(13)14;/h6-8,12H,3-5,9,15H2,1-2H3;1H/t12-;/m1./s1. The third-order valence-corrected chi connectivity index (χ3v) is 3.09. The molecule has 0 saturated heterocycles. The van der Waals surface area contributed by atoms with Crippen molar-refractivity contribution < 1.29 is 0 Å². The summed E-state index contributed by atoms with van der Waals surface area (Å²) in [5.41, 5.74) is 8.47. The molecule has 0 amide bonds. The summed E-state index contributed by atoms with van der Waals surface area (Å²) >= 11 is 6.16. The number of halogens is 2. The molecule has 1 aromatic rings. The van der Waals surface area contributed by atoms with Crippen LogP contribution in [0, 0.1) is 6.92 Å². The molecule has 0 aliphatic carbocycles. The number of aryl methyl sites for hydroxylation is 1. The van der Waals surface area contributed by atoms with E-state index in [1.165, 1.54) is 24.8 Å². The Balaban J connectivity index is 0.00000225. The lowest BCUT2D eigenvalue weighted by molar-refractivity contribution is 0.579. The zero-order valence-corrected chi connectivity index (χ0v) is 11.6. The molecule has 0 radical (unpaired) electrons. The smallest absolute Gasteiger partial charge is 0.0456 e. The SMILES string of the molecule is CCCCC[C@@H](N)c1c(C)cccc1Cl.Cl. The van der Waals surface area contributed by atoms with Gasteiger partial charge >= 0.3 is 0 Å². The van der Waals surface area contributed by atoms with E-state index in [9.17, 15) is 0 Å². The molecule has 0 aromatic heterocycles. The van der Waals surface area contributed by atoms with Crippen LogP contribution >= 0.6 is 24.0 Å². The maximum absolute atomic E-state index is 6.16. The summed E-state index contributed by atoms with van der Waals surface area (Å²) in [6.45, 7) is 4.27. The number of hydrogen-bond donors (Lipinski definition) is 1. The first-order valence-electron chi connectivity index (χ1n) is 5.67. The van der Waals surface area contributed by atoms with Gasteiger partial charge in [-0.1, -0.05) is 49.9 Å². The molecule has 0 aliphatic heterocycles. The molecule has 1 aromatic carbocycles. The fourth-order valence-corrected chi connectivity index (χ4v) is 2.23. The molecule has 1 rings (SSSR count). The normalized spacial score (nSPS) is 12.0. The average molecular weight is 262 g/mol. The predicted octanol–water partition coefficient (Wildman–Crippen LogP) is 4.65. The van der Waals surface area contributed by atoms with Crippen LogP contribution in [0.25, 0.3) is 0 Å². The van der Waals surface area contributed by atoms with Crippen molar-refractivity contribution in [2.24, 2.45) is 5.73 Å². The Morgan fingerprint density at radius 2 is 2.00 bits per heavy atom. The van der Waals surface area contributed by atoms with Gasteiger partial charge in [0.05, 0.1) is 0 Å². The number of benzene rings is 1. The summed E-state index contributed by atoms with van der Waals surface area (Å²) < 4.78 is 0. The van der Waals surface area contributed by atoms with Gasteiger partial charge in [0.1, 0.15) is 0 Å². The molecule has 1 nitrogen and oxygen atoms in total. The molecule has 3 heteroatoms. The van der Waals surface area contributed by atoms with Crippen molar-refractivity contribution in [1.82, 2.24) is 0 Å². The van der Waals surface area contributed by atoms with Crippen LogP contribution in [-0.4, -0.2) is 0 Å². The van der Waals surface area contributed by atoms with Crippen molar-refractivity contribution >= 4 is 24.0 Å². The van der Waals surface area contributed by atoms with Crippen molar-refractivity contribution in [3.05, 3.63) is 34.3 Å². The first-order chi connectivity index (χ1) is 7.16. The van der Waals surface area contributed by atoms with Crippen LogP contribution in [0.5, 0.6) is 0 Å². The van der Waals surface area contributed by atoms with E-state index >= 15 is 0 Å². The van der Waals surface area contributed by atoms with E-state index in [0.717, 1.165) is 17.0 Å². The first kappa shape index (κ1) is 15.8. The second kappa shape index (κ2) is 7.94. The van der Waals surface area contributed by atoms with E-state index in [0.29, 0.717) is 0 Å². The van der Waals surface area contributed by atoms with E-state index in [1.54, 1.807) is 0 Å². The van der Waals surface area contributed by atoms with E-state index in [2.05, 4.69) is 19.9 Å². The van der Waals surface area contributed by atoms with Crippen molar-refractivity contribution in [2.75, 3.05) is 0 Å². The van der Waals surface area contributed by atoms with Crippen LogP contribution < -0.4 is 5.73 Å². The fourth-order valence-electron chi connectivity index (χ4n) is 1.87. The summed E-state index contributed by atoms with van der Waals surface area (Å²) in [5, 5.41) is 0.805. The Morgan fingerprint density at radius 3 is 2.56 bits per heavy atom. The summed E-state index contributed by atoms with van der Waals surface area (Å²) in [4.78, 5) is 0. The van der Waals surface area contributed by atoms with Crippen molar-refractivity contribution in [2.45, 2.75) is 45.6 Å². The molecule has 0 aliphatic rings. The van der Waals surface area contributed by atoms with Crippen molar-refractivity contribution in [1.29, 1.82) is 0 Å². The van der Waals surface area contributed by atoms with Gasteiger partial charge in [0.2, 0.25) is 0 Å². The zero-order valence-electron chi connectivity index (χ0n) is 10.0. The molecule has 16 heavy (non-hydrogen) atoms. The molecule has 0 fully saturated rings. The second-order valence-electron chi connectivity index (χ2n) is 4.07. The minimum atomic E-state index is 0. The molecule has 0 saturated carbocycles. The van der Waals surface area contributed by atoms with Gasteiger partial charge in [0.15, 0.2) is 0 Å². The molecular formula is C13H21Cl2N. The Morgan fingerprint density at radius 1 is 1.31 bits per heavy atom. The molecule has 92 valence electrons. The monoisotopic (exact) mass is 261 g/mol. The fraction of sp³-hybridized carbons (Fsp3) is 0.538. The van der Waals surface area contributed by atoms with Gasteiger partial charge in [-0.2, -0.15) is 0 Å². The number of nitrogens with two attached hydrogens (primary N) is 1. The summed E-state index contributed by atoms with van der Waals surface area (Å²) in [7, 11) is 0. The minimum absolute atomic E-state index is 0. The van der Waals surface area contributed by atoms with Gasteiger partial charge in [0, 0.05) is 11.1 Å². The summed E-state index contributed by atoms with van der Waals surface area (Å²) in [5.74, 6) is 0. The Kier molecular flexibility index (Phi) is 7.82. The third-order valence-electron chi connectivity index (χ3n) is 2.76. The maximum atomic E-state index is 6.16. The lowest BCUT2D eigenvalue weighted by atomic mass is 9.97. The van der Waals surface area contributed by atoms with Crippen LogP contribution in [0.3, 0.4) is 0 Å². The van der Waals surface area contributed by atoms with Crippen LogP contribution in [0.1, 0.15) is 49.8 Å². The van der Waals surface area contributed by atoms with Crippen LogP contribution in [0.15, 0.2) is 18.2 Å². The largest absolute Gasteiger partial charge is 0.324 e. The molecular weight excluding hydrogens is 241 g/mol. The lowest BCUT2D eigenvalue weighted by Gasteiger charge is -2.16. The molecule has 0 unspecified atom stereocenters. The highest BCUT2D eigenvalue weighted by molar-refractivity contribution is 6.31. The van der Waals surface area contributed by atoms with Crippen LogP contribution in [0.4, 0.5) is 0 Å². The zero-order chi connectivity index (χ0) is 11.3. The molecule has 0 spiro atoms. The van der Waals surface area contributed by atoms with Gasteiger partial charge in [-0.15, -0.1) is 12.4 Å². The summed E-state index contributed by atoms with van der Waals surface area (Å²) in [6.07, 6.45) is 4.69. The number of unbranched alkanes of at least 4 members (excludes halogenated alkanes) is 2. The quantitative estimate of drug-likeness (QED) is 0.768. The number of rotatable bonds is 5. The first-order valence-corrected chi connectivity index (χ1v) is 6.05. The highest BCUT2D eigenvalue weighted by atomic mass is 35.5. The average Bonchev–Trinajstić information content (AvgIpc) is 2.18. The molecule has 0 bridgehead atoms. The molecule has 2 N–H and O–H groups in total. The van der Waals surface area contributed by atoms with Gasteiger partial charge in [0.25, 0.3) is 0 Å². The Labute approximate surface area is 110 Å². The van der Waals surface area contributed by atoms with Crippen molar-refractivity contribution in [3.63, 3.8) is 0 Å². The van der Waals surface area contributed by atoms with Gasteiger partial charge in [-0.05, 0) is 30.5 Å². The Bertz CT molecular complexity index is 293. The van der Waals surface area contributed by atoms with Gasteiger partial charge in [-0.25, -0.2) is 0 Å². The van der Waals surface area contributed by atoms with Crippen molar-refractivity contribution in [3.8, 4) is 0 Å². The van der Waals surface area contributed by atoms with Gasteiger partial charge < -0.3 is 5.73 Å². The van der Waals surface area contributed by atoms with Crippen LogP contribution in [0.2, 0.25) is 5.02 Å².